The molecule has 2 rings (SSSR count). The lowest BCUT2D eigenvalue weighted by Crippen LogP contribution is -2.40. The average molecular weight is 456 g/mol. The number of nitrogens with one attached hydrogen (secondary N) is 1. The molecule has 0 spiro atoms. The maximum Gasteiger partial charge on any atom is 0.391 e. The van der Waals surface area contributed by atoms with Crippen LogP contribution in [0.15, 0.2) is 24.4 Å². The van der Waals surface area contributed by atoms with Crippen molar-refractivity contribution in [2.45, 2.75) is 66.6 Å². The first-order valence-electron chi connectivity index (χ1n) is 11.1. The molecular formula is C23H36F3N5O. The largest absolute Gasteiger partial charge is 0.391 e. The van der Waals surface area contributed by atoms with Gasteiger partial charge in [-0.2, -0.15) is 13.2 Å². The van der Waals surface area contributed by atoms with Gasteiger partial charge in [0.05, 0.1) is 12.5 Å². The van der Waals surface area contributed by atoms with E-state index in [1.165, 1.54) is 0 Å². The van der Waals surface area contributed by atoms with Gasteiger partial charge in [0.1, 0.15) is 11.6 Å². The predicted molar refractivity (Wildman–Crippen MR) is 124 cm³/mol. The Morgan fingerprint density at radius 1 is 1.28 bits per heavy atom. The number of rotatable bonds is 7. The summed E-state index contributed by atoms with van der Waals surface area (Å²) in [6, 6.07) is 0. The summed E-state index contributed by atoms with van der Waals surface area (Å²) in [7, 11) is 1.88. The van der Waals surface area contributed by atoms with Crippen LogP contribution in [0.5, 0.6) is 0 Å². The molecule has 9 heteroatoms. The van der Waals surface area contributed by atoms with Gasteiger partial charge in [0.2, 0.25) is 5.91 Å². The summed E-state index contributed by atoms with van der Waals surface area (Å²) in [6.07, 6.45) is -0.0706. The minimum absolute atomic E-state index is 0.0372. The highest BCUT2D eigenvalue weighted by atomic mass is 19.4. The molecule has 0 unspecified atom stereocenters. The van der Waals surface area contributed by atoms with Gasteiger partial charge in [0.15, 0.2) is 5.82 Å². The van der Waals surface area contributed by atoms with Gasteiger partial charge in [-0.25, -0.2) is 9.97 Å². The first kappa shape index (κ1) is 27.5. The lowest BCUT2D eigenvalue weighted by molar-refractivity contribution is -0.179. The number of anilines is 2. The normalized spacial score (nSPS) is 15.0. The van der Waals surface area contributed by atoms with Crippen LogP contribution in [0.1, 0.15) is 58.3 Å². The quantitative estimate of drug-likeness (QED) is 0.577. The van der Waals surface area contributed by atoms with E-state index in [4.69, 9.17) is 0 Å². The van der Waals surface area contributed by atoms with Crippen molar-refractivity contribution < 1.29 is 18.0 Å². The van der Waals surface area contributed by atoms with Gasteiger partial charge in [-0.05, 0) is 39.2 Å². The van der Waals surface area contributed by atoms with Crippen molar-refractivity contribution in [3.05, 3.63) is 35.8 Å². The highest BCUT2D eigenvalue weighted by Crippen LogP contribution is 2.36. The number of halogens is 3. The third kappa shape index (κ3) is 7.53. The fourth-order valence-electron chi connectivity index (χ4n) is 3.41. The summed E-state index contributed by atoms with van der Waals surface area (Å²) in [4.78, 5) is 24.5. The zero-order valence-corrected chi connectivity index (χ0v) is 20.0. The highest BCUT2D eigenvalue weighted by Gasteiger charge is 2.41. The molecule has 1 saturated heterocycles. The number of hydrogen-bond donors (Lipinski definition) is 1. The molecule has 32 heavy (non-hydrogen) atoms. The first-order valence-corrected chi connectivity index (χ1v) is 11.1. The average Bonchev–Trinajstić information content (AvgIpc) is 2.78. The van der Waals surface area contributed by atoms with E-state index in [1.807, 2.05) is 50.7 Å². The third-order valence-corrected chi connectivity index (χ3v) is 5.31. The molecule has 1 aromatic heterocycles. The van der Waals surface area contributed by atoms with Crippen LogP contribution in [0, 0.1) is 12.8 Å². The molecule has 1 aromatic rings. The molecule has 0 aromatic carbocycles. The van der Waals surface area contributed by atoms with E-state index in [0.29, 0.717) is 17.5 Å². The van der Waals surface area contributed by atoms with Crippen molar-refractivity contribution in [1.29, 1.82) is 0 Å². The van der Waals surface area contributed by atoms with E-state index in [2.05, 4.69) is 28.8 Å². The monoisotopic (exact) mass is 455 g/mol. The van der Waals surface area contributed by atoms with E-state index >= 15 is 0 Å². The third-order valence-electron chi connectivity index (χ3n) is 5.31. The number of alkyl halides is 3. The lowest BCUT2D eigenvalue weighted by atomic mass is 9.96. The molecule has 2 heterocycles. The second-order valence-corrected chi connectivity index (χ2v) is 7.58. The number of carbonyl (C=O) groups is 1. The van der Waals surface area contributed by atoms with Crippen LogP contribution in [0.4, 0.5) is 24.8 Å². The van der Waals surface area contributed by atoms with Gasteiger partial charge in [-0.3, -0.25) is 4.79 Å². The molecule has 1 amide bonds. The number of aromatic nitrogens is 2. The molecule has 0 aliphatic carbocycles. The van der Waals surface area contributed by atoms with Crippen LogP contribution in [-0.4, -0.2) is 42.2 Å². The molecule has 1 aliphatic heterocycles. The summed E-state index contributed by atoms with van der Waals surface area (Å²) >= 11 is 0. The Kier molecular flexibility index (Phi) is 10.7. The van der Waals surface area contributed by atoms with Crippen LogP contribution >= 0.6 is 0 Å². The number of allylic oxidation sites excluding steroid dienone is 1. The van der Waals surface area contributed by atoms with Crippen molar-refractivity contribution in [2.24, 2.45) is 5.92 Å². The van der Waals surface area contributed by atoms with Gasteiger partial charge in [-0.15, -0.1) is 0 Å². The SMILES string of the molecule is C=CC(=O)NCc1nc(N(C)/C=C(\C)CC)c(C)c(N2CCC(C(F)(F)F)CC2)n1.CC. The van der Waals surface area contributed by atoms with Crippen LogP contribution in [0.25, 0.3) is 0 Å². The maximum atomic E-state index is 13.0. The van der Waals surface area contributed by atoms with Crippen LogP contribution in [0.3, 0.4) is 0 Å². The fourth-order valence-corrected chi connectivity index (χ4v) is 3.41. The second-order valence-electron chi connectivity index (χ2n) is 7.58. The smallest absolute Gasteiger partial charge is 0.356 e. The maximum absolute atomic E-state index is 13.0. The summed E-state index contributed by atoms with van der Waals surface area (Å²) in [5.41, 5.74) is 1.95. The minimum Gasteiger partial charge on any atom is -0.356 e. The number of hydrogen-bond acceptors (Lipinski definition) is 5. The van der Waals surface area contributed by atoms with E-state index in [0.717, 1.165) is 23.6 Å². The van der Waals surface area contributed by atoms with Crippen LogP contribution in [0.2, 0.25) is 0 Å². The molecule has 0 radical (unpaired) electrons. The van der Waals surface area contributed by atoms with Gasteiger partial charge in [0, 0.05) is 31.9 Å². The van der Waals surface area contributed by atoms with Crippen molar-refractivity contribution in [2.75, 3.05) is 29.9 Å². The molecule has 0 atom stereocenters. The lowest BCUT2D eigenvalue weighted by Gasteiger charge is -2.35. The fraction of sp³-hybridized carbons (Fsp3) is 0.609. The Hall–Kier alpha value is -2.58. The molecule has 0 saturated carbocycles. The topological polar surface area (TPSA) is 61.4 Å². The molecule has 1 N–H and O–H groups in total. The molecule has 1 fully saturated rings. The molecular weight excluding hydrogens is 419 g/mol. The van der Waals surface area contributed by atoms with Crippen LogP contribution in [-0.2, 0) is 11.3 Å². The van der Waals surface area contributed by atoms with Crippen molar-refractivity contribution >= 4 is 17.5 Å². The molecule has 180 valence electrons. The second kappa shape index (κ2) is 12.5. The Labute approximate surface area is 189 Å². The summed E-state index contributed by atoms with van der Waals surface area (Å²) < 4.78 is 39.1. The van der Waals surface area contributed by atoms with Crippen LogP contribution < -0.4 is 15.1 Å². The van der Waals surface area contributed by atoms with E-state index in [9.17, 15) is 18.0 Å². The predicted octanol–water partition coefficient (Wildman–Crippen LogP) is 5.14. The molecule has 1 aliphatic rings. The molecule has 0 bridgehead atoms. The number of amides is 1. The standard InChI is InChI=1S/C21H30F3N5O.C2H6/c1-6-14(3)13-28(5)19-15(4)20(27-17(26-19)12-25-18(30)7-2)29-10-8-16(9-11-29)21(22,23)24;1-2/h7,13,16H,2,6,8-12H2,1,3-5H3,(H,25,30);1-2H3/b14-13+;. The Morgan fingerprint density at radius 3 is 2.38 bits per heavy atom. The summed E-state index contributed by atoms with van der Waals surface area (Å²) in [5.74, 6) is 0.0440. The zero-order chi connectivity index (χ0) is 24.5. The Balaban J connectivity index is 0.00000249. The highest BCUT2D eigenvalue weighted by molar-refractivity contribution is 5.86. The zero-order valence-electron chi connectivity index (χ0n) is 20.0. The van der Waals surface area contributed by atoms with Gasteiger partial charge < -0.3 is 15.1 Å². The number of nitrogens with zero attached hydrogens (tertiary/aromatic N) is 4. The van der Waals surface area contributed by atoms with Gasteiger partial charge >= 0.3 is 6.18 Å². The van der Waals surface area contributed by atoms with E-state index in [1.54, 1.807) is 0 Å². The number of carbonyl (C=O) groups excluding carboxylic acids is 1. The van der Waals surface area contributed by atoms with E-state index < -0.39 is 12.1 Å². The van der Waals surface area contributed by atoms with Crippen molar-refractivity contribution in [3.8, 4) is 0 Å². The summed E-state index contributed by atoms with van der Waals surface area (Å²) in [6.45, 7) is 14.0. The van der Waals surface area contributed by atoms with Crippen molar-refractivity contribution in [3.63, 3.8) is 0 Å². The van der Waals surface area contributed by atoms with Gasteiger partial charge in [-0.1, -0.05) is 32.9 Å². The van der Waals surface area contributed by atoms with E-state index in [-0.39, 0.29) is 38.4 Å². The number of piperidine rings is 1. The summed E-state index contributed by atoms with van der Waals surface area (Å²) in [5, 5.41) is 2.66. The first-order chi connectivity index (χ1) is 15.1. The molecule has 6 nitrogen and oxygen atoms in total. The minimum atomic E-state index is -4.17. The van der Waals surface area contributed by atoms with Gasteiger partial charge in [0.25, 0.3) is 0 Å². The Morgan fingerprint density at radius 2 is 1.88 bits per heavy atom. The van der Waals surface area contributed by atoms with Crippen molar-refractivity contribution in [1.82, 2.24) is 15.3 Å². The Bertz CT molecular complexity index is 800.